The molecule has 0 radical (unpaired) electrons. The van der Waals surface area contributed by atoms with Crippen LogP contribution >= 0.6 is 11.6 Å². The van der Waals surface area contributed by atoms with Gasteiger partial charge in [0.1, 0.15) is 11.6 Å². The maximum Gasteiger partial charge on any atom is 0.387 e. The van der Waals surface area contributed by atoms with E-state index in [2.05, 4.69) is 15.2 Å². The first-order chi connectivity index (χ1) is 13.8. The number of halogens is 4. The average molecular weight is 424 g/mol. The highest BCUT2D eigenvalue weighted by Crippen LogP contribution is 2.25. The molecule has 1 N–H and O–H groups in total. The third-order valence-corrected chi connectivity index (χ3v) is 4.69. The molecular formula is C20H17ClF3N3O2. The van der Waals surface area contributed by atoms with Crippen molar-refractivity contribution in [3.8, 4) is 5.75 Å². The lowest BCUT2D eigenvalue weighted by Crippen LogP contribution is -2.13. The number of hydrogen-bond donors (Lipinski definition) is 1. The van der Waals surface area contributed by atoms with E-state index in [1.807, 2.05) is 0 Å². The first-order valence-corrected chi connectivity index (χ1v) is 8.97. The van der Waals surface area contributed by atoms with E-state index < -0.39 is 18.3 Å². The molecule has 3 rings (SSSR count). The van der Waals surface area contributed by atoms with Crippen molar-refractivity contribution in [3.05, 3.63) is 75.8 Å². The summed E-state index contributed by atoms with van der Waals surface area (Å²) in [4.78, 5) is 12.5. The van der Waals surface area contributed by atoms with Gasteiger partial charge in [-0.3, -0.25) is 9.48 Å². The van der Waals surface area contributed by atoms with Crippen molar-refractivity contribution < 1.29 is 22.7 Å². The lowest BCUT2D eigenvalue weighted by Gasteiger charge is -2.09. The van der Waals surface area contributed by atoms with Crippen LogP contribution in [0.15, 0.2) is 42.5 Å². The average Bonchev–Trinajstić information content (AvgIpc) is 2.92. The first-order valence-electron chi connectivity index (χ1n) is 8.59. The molecule has 9 heteroatoms. The Morgan fingerprint density at radius 3 is 2.52 bits per heavy atom. The Balaban J connectivity index is 1.79. The standard InChI is InChI=1S/C20H17ClF3N3O2/c1-11-18(25-19(28)13-6-8-14(9-7-13)29-20(23)24)12(2)27(26-11)10-15-16(21)4-3-5-17(15)22/h3-9,20H,10H2,1-2H3,(H,25,28). The van der Waals surface area contributed by atoms with Crippen LogP contribution in [0.5, 0.6) is 5.75 Å². The van der Waals surface area contributed by atoms with Crippen molar-refractivity contribution in [1.29, 1.82) is 0 Å². The number of rotatable bonds is 6. The fraction of sp³-hybridized carbons (Fsp3) is 0.200. The fourth-order valence-electron chi connectivity index (χ4n) is 2.84. The van der Waals surface area contributed by atoms with Crippen LogP contribution in [0.1, 0.15) is 27.3 Å². The molecule has 0 spiro atoms. The van der Waals surface area contributed by atoms with Crippen LogP contribution in [0.25, 0.3) is 0 Å². The molecule has 1 amide bonds. The molecule has 0 aliphatic rings. The van der Waals surface area contributed by atoms with Gasteiger partial charge in [0.25, 0.3) is 5.91 Å². The molecule has 2 aromatic carbocycles. The molecule has 0 aliphatic carbocycles. The predicted octanol–water partition coefficient (Wildman–Crippen LogP) is 5.19. The third kappa shape index (κ3) is 4.71. The summed E-state index contributed by atoms with van der Waals surface area (Å²) in [7, 11) is 0. The molecule has 5 nitrogen and oxygen atoms in total. The molecule has 0 bridgehead atoms. The second-order valence-electron chi connectivity index (χ2n) is 6.26. The van der Waals surface area contributed by atoms with Gasteiger partial charge in [-0.05, 0) is 50.2 Å². The van der Waals surface area contributed by atoms with Gasteiger partial charge in [-0.2, -0.15) is 13.9 Å². The lowest BCUT2D eigenvalue weighted by atomic mass is 10.2. The van der Waals surface area contributed by atoms with Gasteiger partial charge in [-0.1, -0.05) is 17.7 Å². The van der Waals surface area contributed by atoms with Gasteiger partial charge in [0.05, 0.1) is 23.6 Å². The van der Waals surface area contributed by atoms with E-state index in [1.165, 1.54) is 36.4 Å². The number of ether oxygens (including phenoxy) is 1. The molecule has 0 unspecified atom stereocenters. The monoisotopic (exact) mass is 423 g/mol. The largest absolute Gasteiger partial charge is 0.435 e. The number of nitrogens with one attached hydrogen (secondary N) is 1. The van der Waals surface area contributed by atoms with E-state index in [-0.39, 0.29) is 22.9 Å². The summed E-state index contributed by atoms with van der Waals surface area (Å²) in [5, 5.41) is 7.39. The Morgan fingerprint density at radius 2 is 1.90 bits per heavy atom. The third-order valence-electron chi connectivity index (χ3n) is 4.33. The topological polar surface area (TPSA) is 56.2 Å². The summed E-state index contributed by atoms with van der Waals surface area (Å²) in [6.07, 6.45) is 0. The number of aryl methyl sites for hydroxylation is 1. The van der Waals surface area contributed by atoms with Gasteiger partial charge >= 0.3 is 6.61 Å². The molecular weight excluding hydrogens is 407 g/mol. The summed E-state index contributed by atoms with van der Waals surface area (Å²) in [6.45, 7) is 0.619. The summed E-state index contributed by atoms with van der Waals surface area (Å²) < 4.78 is 44.3. The van der Waals surface area contributed by atoms with E-state index >= 15 is 0 Å². The van der Waals surface area contributed by atoms with E-state index in [9.17, 15) is 18.0 Å². The molecule has 29 heavy (non-hydrogen) atoms. The van der Waals surface area contributed by atoms with Crippen LogP contribution in [-0.4, -0.2) is 22.3 Å². The number of nitrogens with zero attached hydrogens (tertiary/aromatic N) is 2. The number of alkyl halides is 2. The zero-order valence-electron chi connectivity index (χ0n) is 15.5. The highest BCUT2D eigenvalue weighted by molar-refractivity contribution is 6.31. The van der Waals surface area contributed by atoms with Crippen molar-refractivity contribution >= 4 is 23.2 Å². The van der Waals surface area contributed by atoms with Crippen molar-refractivity contribution in [2.24, 2.45) is 0 Å². The number of carbonyl (C=O) groups is 1. The highest BCUT2D eigenvalue weighted by atomic mass is 35.5. The second-order valence-corrected chi connectivity index (χ2v) is 6.67. The molecule has 0 saturated carbocycles. The van der Waals surface area contributed by atoms with Crippen molar-refractivity contribution in [2.75, 3.05) is 5.32 Å². The second kappa shape index (κ2) is 8.57. The fourth-order valence-corrected chi connectivity index (χ4v) is 3.06. The van der Waals surface area contributed by atoms with Crippen molar-refractivity contribution in [2.45, 2.75) is 27.0 Å². The highest BCUT2D eigenvalue weighted by Gasteiger charge is 2.17. The molecule has 1 aromatic heterocycles. The van der Waals surface area contributed by atoms with E-state index in [0.29, 0.717) is 22.6 Å². The number of amides is 1. The van der Waals surface area contributed by atoms with Crippen LogP contribution < -0.4 is 10.1 Å². The maximum absolute atomic E-state index is 14.1. The zero-order chi connectivity index (χ0) is 21.1. The molecule has 0 atom stereocenters. The van der Waals surface area contributed by atoms with E-state index in [4.69, 9.17) is 11.6 Å². The van der Waals surface area contributed by atoms with Crippen LogP contribution in [0.3, 0.4) is 0 Å². The van der Waals surface area contributed by atoms with Crippen molar-refractivity contribution in [1.82, 2.24) is 9.78 Å². The van der Waals surface area contributed by atoms with E-state index in [1.54, 1.807) is 24.6 Å². The van der Waals surface area contributed by atoms with Crippen LogP contribution in [0.2, 0.25) is 5.02 Å². The lowest BCUT2D eigenvalue weighted by molar-refractivity contribution is -0.0498. The quantitative estimate of drug-likeness (QED) is 0.593. The molecule has 0 aliphatic heterocycles. The number of hydrogen-bond acceptors (Lipinski definition) is 3. The van der Waals surface area contributed by atoms with Gasteiger partial charge in [0.2, 0.25) is 0 Å². The van der Waals surface area contributed by atoms with Gasteiger partial charge in [0.15, 0.2) is 0 Å². The Morgan fingerprint density at radius 1 is 1.21 bits per heavy atom. The Labute approximate surface area is 170 Å². The summed E-state index contributed by atoms with van der Waals surface area (Å²) in [5.74, 6) is -0.927. The van der Waals surface area contributed by atoms with Crippen LogP contribution in [0.4, 0.5) is 18.9 Å². The minimum absolute atomic E-state index is 0.0431. The van der Waals surface area contributed by atoms with Crippen LogP contribution in [-0.2, 0) is 6.54 Å². The van der Waals surface area contributed by atoms with Gasteiger partial charge in [-0.25, -0.2) is 4.39 Å². The van der Waals surface area contributed by atoms with Gasteiger partial charge in [0, 0.05) is 16.1 Å². The summed E-state index contributed by atoms with van der Waals surface area (Å²) in [5.41, 5.74) is 2.20. The maximum atomic E-state index is 14.1. The Bertz CT molecular complexity index is 1020. The number of benzene rings is 2. The molecule has 1 heterocycles. The van der Waals surface area contributed by atoms with Crippen LogP contribution in [0, 0.1) is 19.7 Å². The first kappa shape index (κ1) is 20.7. The molecule has 3 aromatic rings. The Kier molecular flexibility index (Phi) is 6.12. The van der Waals surface area contributed by atoms with Gasteiger partial charge < -0.3 is 10.1 Å². The predicted molar refractivity (Wildman–Crippen MR) is 103 cm³/mol. The Hall–Kier alpha value is -3.00. The molecule has 152 valence electrons. The minimum Gasteiger partial charge on any atom is -0.435 e. The molecule has 0 fully saturated rings. The SMILES string of the molecule is Cc1nn(Cc2c(F)cccc2Cl)c(C)c1NC(=O)c1ccc(OC(F)F)cc1. The normalized spacial score (nSPS) is 11.0. The smallest absolute Gasteiger partial charge is 0.387 e. The zero-order valence-corrected chi connectivity index (χ0v) is 16.3. The number of carbonyl (C=O) groups excluding carboxylic acids is 1. The minimum atomic E-state index is -2.94. The summed E-state index contributed by atoms with van der Waals surface area (Å²) >= 11 is 6.08. The van der Waals surface area contributed by atoms with Crippen molar-refractivity contribution in [3.63, 3.8) is 0 Å². The number of anilines is 1. The molecule has 0 saturated heterocycles. The number of aromatic nitrogens is 2. The van der Waals surface area contributed by atoms with E-state index in [0.717, 1.165) is 0 Å². The summed E-state index contributed by atoms with van der Waals surface area (Å²) in [6, 6.07) is 9.75. The van der Waals surface area contributed by atoms with Gasteiger partial charge in [-0.15, -0.1) is 0 Å².